The molecule has 2 heterocycles. The maximum Gasteiger partial charge on any atom is 0.131 e. The van der Waals surface area contributed by atoms with Gasteiger partial charge in [0.1, 0.15) is 5.82 Å². The molecule has 1 N–H and O–H groups in total. The predicted octanol–water partition coefficient (Wildman–Crippen LogP) is 1.51. The zero-order valence-electron chi connectivity index (χ0n) is 14.1. The fourth-order valence-corrected chi connectivity index (χ4v) is 3.40. The van der Waals surface area contributed by atoms with Crippen LogP contribution < -0.4 is 10.2 Å². The van der Waals surface area contributed by atoms with Gasteiger partial charge in [-0.15, -0.1) is 0 Å². The maximum atomic E-state index is 4.68. The van der Waals surface area contributed by atoms with Gasteiger partial charge in [0.2, 0.25) is 0 Å². The van der Waals surface area contributed by atoms with E-state index in [4.69, 9.17) is 0 Å². The van der Waals surface area contributed by atoms with E-state index in [1.54, 1.807) is 0 Å². The van der Waals surface area contributed by atoms with Gasteiger partial charge in [-0.2, -0.15) is 5.10 Å². The SMILES string of the molecule is Cc1nn(C)c(N2CC(C)N(C)C(C)C2)c1CNC1CC1. The number of hydrogen-bond donors (Lipinski definition) is 1. The molecule has 1 aliphatic heterocycles. The molecule has 1 aliphatic carbocycles. The van der Waals surface area contributed by atoms with Crippen molar-refractivity contribution in [2.24, 2.45) is 7.05 Å². The molecule has 118 valence electrons. The third-order valence-electron chi connectivity index (χ3n) is 5.12. The molecule has 2 fully saturated rings. The lowest BCUT2D eigenvalue weighted by atomic mass is 10.1. The Morgan fingerprint density at radius 1 is 1.14 bits per heavy atom. The van der Waals surface area contributed by atoms with Gasteiger partial charge in [0.15, 0.2) is 0 Å². The van der Waals surface area contributed by atoms with Gasteiger partial charge in [0.05, 0.1) is 5.69 Å². The van der Waals surface area contributed by atoms with Crippen molar-refractivity contribution >= 4 is 5.82 Å². The minimum absolute atomic E-state index is 0.577. The third-order valence-corrected chi connectivity index (χ3v) is 5.12. The molecule has 1 saturated heterocycles. The van der Waals surface area contributed by atoms with Crippen molar-refractivity contribution in [3.05, 3.63) is 11.3 Å². The minimum atomic E-state index is 0.577. The van der Waals surface area contributed by atoms with Gasteiger partial charge < -0.3 is 10.2 Å². The van der Waals surface area contributed by atoms with Crippen LogP contribution in [0.15, 0.2) is 0 Å². The van der Waals surface area contributed by atoms with Gasteiger partial charge in [-0.25, -0.2) is 0 Å². The summed E-state index contributed by atoms with van der Waals surface area (Å²) in [6, 6.07) is 1.89. The van der Waals surface area contributed by atoms with E-state index in [-0.39, 0.29) is 0 Å². The van der Waals surface area contributed by atoms with Crippen LogP contribution in [0.3, 0.4) is 0 Å². The molecule has 0 aromatic carbocycles. The van der Waals surface area contributed by atoms with Gasteiger partial charge in [-0.3, -0.25) is 9.58 Å². The smallest absolute Gasteiger partial charge is 0.131 e. The number of anilines is 1. The van der Waals surface area contributed by atoms with E-state index in [1.165, 1.54) is 29.9 Å². The standard InChI is InChI=1S/C16H29N5/c1-11-9-21(10-12(2)19(11)4)16-15(8-17-14-6-7-14)13(3)18-20(16)5/h11-12,14,17H,6-10H2,1-5H3. The number of rotatable bonds is 4. The monoisotopic (exact) mass is 291 g/mol. The molecule has 0 radical (unpaired) electrons. The molecule has 1 saturated carbocycles. The summed E-state index contributed by atoms with van der Waals surface area (Å²) in [6.07, 6.45) is 2.66. The van der Waals surface area contributed by atoms with Crippen molar-refractivity contribution in [2.45, 2.75) is 58.3 Å². The van der Waals surface area contributed by atoms with Crippen molar-refractivity contribution in [3.63, 3.8) is 0 Å². The second-order valence-corrected chi connectivity index (χ2v) is 6.93. The lowest BCUT2D eigenvalue weighted by Gasteiger charge is -2.43. The van der Waals surface area contributed by atoms with Crippen molar-refractivity contribution in [2.75, 3.05) is 25.0 Å². The third kappa shape index (κ3) is 2.94. The van der Waals surface area contributed by atoms with Crippen LogP contribution in [0.2, 0.25) is 0 Å². The quantitative estimate of drug-likeness (QED) is 0.912. The number of nitrogens with one attached hydrogen (secondary N) is 1. The van der Waals surface area contributed by atoms with Crippen LogP contribution in [0.25, 0.3) is 0 Å². The van der Waals surface area contributed by atoms with E-state index in [9.17, 15) is 0 Å². The van der Waals surface area contributed by atoms with Gasteiger partial charge >= 0.3 is 0 Å². The fourth-order valence-electron chi connectivity index (χ4n) is 3.40. The van der Waals surface area contributed by atoms with Crippen LogP contribution in [-0.2, 0) is 13.6 Å². The first-order chi connectivity index (χ1) is 9.97. The van der Waals surface area contributed by atoms with Gasteiger partial charge in [-0.05, 0) is 40.7 Å². The minimum Gasteiger partial charge on any atom is -0.353 e. The van der Waals surface area contributed by atoms with Crippen LogP contribution in [0.4, 0.5) is 5.82 Å². The normalized spacial score (nSPS) is 27.4. The highest BCUT2D eigenvalue weighted by molar-refractivity contribution is 5.51. The Kier molecular flexibility index (Phi) is 3.97. The molecule has 5 nitrogen and oxygen atoms in total. The number of aryl methyl sites for hydroxylation is 2. The summed E-state index contributed by atoms with van der Waals surface area (Å²) in [7, 11) is 4.31. The summed E-state index contributed by atoms with van der Waals surface area (Å²) in [4.78, 5) is 5.00. The van der Waals surface area contributed by atoms with Crippen molar-refractivity contribution in [3.8, 4) is 0 Å². The number of hydrogen-bond acceptors (Lipinski definition) is 4. The highest BCUT2D eigenvalue weighted by Gasteiger charge is 2.30. The highest BCUT2D eigenvalue weighted by atomic mass is 15.4. The van der Waals surface area contributed by atoms with Crippen molar-refractivity contribution in [1.29, 1.82) is 0 Å². The predicted molar refractivity (Wildman–Crippen MR) is 86.7 cm³/mol. The van der Waals surface area contributed by atoms with Gasteiger partial charge in [0, 0.05) is 50.4 Å². The first-order valence-electron chi connectivity index (χ1n) is 8.20. The molecule has 0 spiro atoms. The molecule has 21 heavy (non-hydrogen) atoms. The summed E-state index contributed by atoms with van der Waals surface area (Å²) in [5, 5.41) is 8.32. The molecule has 5 heteroatoms. The van der Waals surface area contributed by atoms with E-state index in [2.05, 4.69) is 59.8 Å². The Morgan fingerprint density at radius 2 is 1.76 bits per heavy atom. The van der Waals surface area contributed by atoms with Crippen LogP contribution in [0.1, 0.15) is 37.9 Å². The second-order valence-electron chi connectivity index (χ2n) is 6.93. The van der Waals surface area contributed by atoms with Crippen LogP contribution >= 0.6 is 0 Å². The summed E-state index contributed by atoms with van der Waals surface area (Å²) in [6.45, 7) is 9.87. The lowest BCUT2D eigenvalue weighted by molar-refractivity contribution is 0.169. The molecule has 1 aromatic rings. The van der Waals surface area contributed by atoms with E-state index in [0.29, 0.717) is 12.1 Å². The average molecular weight is 291 g/mol. The highest BCUT2D eigenvalue weighted by Crippen LogP contribution is 2.28. The lowest BCUT2D eigenvalue weighted by Crippen LogP contribution is -2.55. The molecule has 3 rings (SSSR count). The zero-order chi connectivity index (χ0) is 15.1. The summed E-state index contributed by atoms with van der Waals surface area (Å²) in [5.74, 6) is 1.31. The molecule has 2 aliphatic rings. The maximum absolute atomic E-state index is 4.68. The molecular weight excluding hydrogens is 262 g/mol. The topological polar surface area (TPSA) is 36.3 Å². The first kappa shape index (κ1) is 14.9. The number of piperazine rings is 1. The molecule has 0 amide bonds. The molecule has 2 unspecified atom stereocenters. The Morgan fingerprint density at radius 3 is 2.33 bits per heavy atom. The molecular formula is C16H29N5. The van der Waals surface area contributed by atoms with Crippen molar-refractivity contribution < 1.29 is 0 Å². The number of likely N-dealkylation sites (N-methyl/N-ethyl adjacent to an activating group) is 1. The number of aromatic nitrogens is 2. The van der Waals surface area contributed by atoms with E-state index in [1.807, 2.05) is 0 Å². The molecule has 1 aromatic heterocycles. The molecule has 2 atom stereocenters. The summed E-state index contributed by atoms with van der Waals surface area (Å²) in [5.41, 5.74) is 2.55. The Balaban J connectivity index is 1.82. The van der Waals surface area contributed by atoms with E-state index < -0.39 is 0 Å². The van der Waals surface area contributed by atoms with Crippen LogP contribution in [0.5, 0.6) is 0 Å². The van der Waals surface area contributed by atoms with Crippen molar-refractivity contribution in [1.82, 2.24) is 20.0 Å². The second kappa shape index (κ2) is 5.61. The van der Waals surface area contributed by atoms with Crippen LogP contribution in [0, 0.1) is 6.92 Å². The molecule has 0 bridgehead atoms. The summed E-state index contributed by atoms with van der Waals surface area (Å²) < 4.78 is 2.07. The summed E-state index contributed by atoms with van der Waals surface area (Å²) >= 11 is 0. The Hall–Kier alpha value is -1.07. The first-order valence-corrected chi connectivity index (χ1v) is 8.20. The van der Waals surface area contributed by atoms with E-state index >= 15 is 0 Å². The fraction of sp³-hybridized carbons (Fsp3) is 0.812. The number of nitrogens with zero attached hydrogens (tertiary/aromatic N) is 4. The van der Waals surface area contributed by atoms with Gasteiger partial charge in [0.25, 0.3) is 0 Å². The van der Waals surface area contributed by atoms with Gasteiger partial charge in [-0.1, -0.05) is 0 Å². The average Bonchev–Trinajstić information content (AvgIpc) is 3.19. The van der Waals surface area contributed by atoms with E-state index in [0.717, 1.165) is 25.7 Å². The van der Waals surface area contributed by atoms with Crippen LogP contribution in [-0.4, -0.2) is 52.9 Å². The zero-order valence-corrected chi connectivity index (χ0v) is 14.1. The Bertz CT molecular complexity index is 493. The Labute approximate surface area is 128 Å². The largest absolute Gasteiger partial charge is 0.353 e.